The summed E-state index contributed by atoms with van der Waals surface area (Å²) in [4.78, 5) is 33.0. The molecule has 4 atom stereocenters. The molecule has 8 nitrogen and oxygen atoms in total. The molecule has 0 saturated carbocycles. The molecule has 0 spiro atoms. The lowest BCUT2D eigenvalue weighted by Gasteiger charge is -2.22. The Morgan fingerprint density at radius 3 is 2.00 bits per heavy atom. The van der Waals surface area contributed by atoms with E-state index >= 15 is 0 Å². The van der Waals surface area contributed by atoms with Crippen molar-refractivity contribution < 1.29 is 37.6 Å². The summed E-state index contributed by atoms with van der Waals surface area (Å²) in [6.45, 7) is 3.38. The molecule has 1 rings (SSSR count). The van der Waals surface area contributed by atoms with Crippen LogP contribution in [0.4, 0.5) is 0 Å². The van der Waals surface area contributed by atoms with Crippen LogP contribution in [-0.4, -0.2) is 49.1 Å². The second-order valence-corrected chi connectivity index (χ2v) is 4.26. The normalized spacial score (nSPS) is 28.8. The molecule has 114 valence electrons. The number of rotatable bonds is 5. The maximum Gasteiger partial charge on any atom is 0.303 e. The fraction of sp³-hybridized carbons (Fsp3) is 0.727. The molecule has 1 fully saturated rings. The zero-order valence-corrected chi connectivity index (χ0v) is 11.9. The van der Waals surface area contributed by atoms with Gasteiger partial charge in [-0.25, -0.2) is 4.29 Å². The smallest absolute Gasteiger partial charge is 0.303 e. The number of carbonyl (C=O) groups excluding carboxylic acids is 3. The molecule has 0 amide bonds. The molecule has 0 radical (unpaired) electrons. The van der Waals surface area contributed by atoms with Gasteiger partial charge in [0.2, 0.25) is 6.29 Å². The van der Waals surface area contributed by atoms with Crippen LogP contribution in [-0.2, 0) is 37.6 Å². The van der Waals surface area contributed by atoms with Crippen LogP contribution in [0.15, 0.2) is 0 Å². The predicted octanol–water partition coefficient (Wildman–Crippen LogP) is 0.308. The molecule has 0 N–H and O–H groups in total. The van der Waals surface area contributed by atoms with Crippen LogP contribution < -0.4 is 0 Å². The van der Waals surface area contributed by atoms with Crippen molar-refractivity contribution in [3.05, 3.63) is 0 Å². The van der Waals surface area contributed by atoms with Gasteiger partial charge in [-0.3, -0.25) is 14.4 Å². The van der Waals surface area contributed by atoms with Gasteiger partial charge in [-0.1, -0.05) is 0 Å². The van der Waals surface area contributed by atoms with E-state index in [0.29, 0.717) is 0 Å². The highest BCUT2D eigenvalue weighted by molar-refractivity contribution is 6.07. The fourth-order valence-electron chi connectivity index (χ4n) is 1.75. The molecule has 0 unspecified atom stereocenters. The highest BCUT2D eigenvalue weighted by atomic mass is 35.5. The SMILES string of the molecule is CC(=O)OC[C@H]1O[C@H](OCl)[C@H](OC(C)=O)[C@@H]1OC(C)=O. The highest BCUT2D eigenvalue weighted by Gasteiger charge is 2.50. The van der Waals surface area contributed by atoms with Crippen LogP contribution in [0.1, 0.15) is 20.8 Å². The topological polar surface area (TPSA) is 97.4 Å². The molecule has 0 bridgehead atoms. The number of esters is 3. The summed E-state index contributed by atoms with van der Waals surface area (Å²) < 4.78 is 24.6. The number of hydrogen-bond donors (Lipinski definition) is 0. The maximum absolute atomic E-state index is 11.1. The summed E-state index contributed by atoms with van der Waals surface area (Å²) in [6.07, 6.45) is -4.02. The Balaban J connectivity index is 2.84. The standard InChI is InChI=1S/C11H15ClO8/c1-5(13)16-4-8-9(17-6(2)14)10(18-7(3)15)11(19-8)20-12/h8-11H,4H2,1-3H3/t8-,9-,10-,11-/m1/s1. The monoisotopic (exact) mass is 310 g/mol. The number of carbonyl (C=O) groups is 3. The summed E-state index contributed by atoms with van der Waals surface area (Å²) >= 11 is 5.25. The van der Waals surface area contributed by atoms with Gasteiger partial charge in [-0.2, -0.15) is 0 Å². The van der Waals surface area contributed by atoms with Crippen molar-refractivity contribution in [3.8, 4) is 0 Å². The van der Waals surface area contributed by atoms with Crippen molar-refractivity contribution in [1.29, 1.82) is 0 Å². The van der Waals surface area contributed by atoms with E-state index in [2.05, 4.69) is 4.29 Å². The van der Waals surface area contributed by atoms with E-state index in [9.17, 15) is 14.4 Å². The van der Waals surface area contributed by atoms with Gasteiger partial charge < -0.3 is 18.9 Å². The quantitative estimate of drug-likeness (QED) is 0.528. The van der Waals surface area contributed by atoms with Gasteiger partial charge in [-0.05, 0) is 0 Å². The van der Waals surface area contributed by atoms with E-state index in [1.807, 2.05) is 0 Å². The average molecular weight is 311 g/mol. The van der Waals surface area contributed by atoms with Gasteiger partial charge in [0, 0.05) is 20.8 Å². The van der Waals surface area contributed by atoms with E-state index in [4.69, 9.17) is 30.8 Å². The molecule has 1 aliphatic heterocycles. The Kier molecular flexibility index (Phi) is 6.18. The van der Waals surface area contributed by atoms with E-state index in [1.165, 1.54) is 20.8 Å². The molecule has 0 aromatic rings. The van der Waals surface area contributed by atoms with Gasteiger partial charge in [0.25, 0.3) is 0 Å². The Labute approximate surface area is 120 Å². The molecular weight excluding hydrogens is 296 g/mol. The molecule has 0 aromatic heterocycles. The molecule has 0 aliphatic carbocycles. The number of halogens is 1. The molecular formula is C11H15ClO8. The second-order valence-electron chi connectivity index (χ2n) is 4.08. The molecule has 1 saturated heterocycles. The van der Waals surface area contributed by atoms with Crippen molar-refractivity contribution in [2.75, 3.05) is 6.61 Å². The van der Waals surface area contributed by atoms with Crippen molar-refractivity contribution in [1.82, 2.24) is 0 Å². The van der Waals surface area contributed by atoms with Gasteiger partial charge in [0.15, 0.2) is 12.2 Å². The minimum atomic E-state index is -1.13. The first-order chi connectivity index (χ1) is 9.35. The Bertz CT molecular complexity index is 385. The van der Waals surface area contributed by atoms with Crippen LogP contribution in [0.2, 0.25) is 0 Å². The van der Waals surface area contributed by atoms with Crippen molar-refractivity contribution >= 4 is 29.8 Å². The third kappa shape index (κ3) is 4.62. The zero-order valence-electron chi connectivity index (χ0n) is 11.2. The van der Waals surface area contributed by atoms with Crippen LogP contribution in [0, 0.1) is 0 Å². The van der Waals surface area contributed by atoms with E-state index in [-0.39, 0.29) is 6.61 Å². The maximum atomic E-state index is 11.1. The molecule has 1 aliphatic rings. The third-order valence-electron chi connectivity index (χ3n) is 2.41. The van der Waals surface area contributed by atoms with Crippen LogP contribution in [0.5, 0.6) is 0 Å². The third-order valence-corrected chi connectivity index (χ3v) is 2.59. The molecule has 20 heavy (non-hydrogen) atoms. The number of ether oxygens (including phenoxy) is 4. The Morgan fingerprint density at radius 2 is 1.55 bits per heavy atom. The Morgan fingerprint density at radius 1 is 1.00 bits per heavy atom. The lowest BCUT2D eigenvalue weighted by atomic mass is 10.1. The van der Waals surface area contributed by atoms with Gasteiger partial charge in [0.05, 0.1) is 11.9 Å². The lowest BCUT2D eigenvalue weighted by Crippen LogP contribution is -2.41. The first-order valence-electron chi connectivity index (χ1n) is 5.75. The predicted molar refractivity (Wildman–Crippen MR) is 63.3 cm³/mol. The second kappa shape index (κ2) is 7.41. The number of hydrogen-bond acceptors (Lipinski definition) is 8. The highest BCUT2D eigenvalue weighted by Crippen LogP contribution is 2.29. The summed E-state index contributed by atoms with van der Waals surface area (Å²) in [7, 11) is 0. The van der Waals surface area contributed by atoms with E-state index in [0.717, 1.165) is 0 Å². The minimum absolute atomic E-state index is 0.193. The van der Waals surface area contributed by atoms with Crippen LogP contribution in [0.3, 0.4) is 0 Å². The summed E-state index contributed by atoms with van der Waals surface area (Å²) in [5.74, 6) is -1.77. The largest absolute Gasteiger partial charge is 0.463 e. The Hall–Kier alpha value is -1.38. The molecule has 9 heteroatoms. The van der Waals surface area contributed by atoms with Crippen molar-refractivity contribution in [2.24, 2.45) is 0 Å². The van der Waals surface area contributed by atoms with Crippen molar-refractivity contribution in [2.45, 2.75) is 45.4 Å². The van der Waals surface area contributed by atoms with E-state index < -0.39 is 42.5 Å². The van der Waals surface area contributed by atoms with Crippen LogP contribution in [0.25, 0.3) is 0 Å². The summed E-state index contributed by atoms with van der Waals surface area (Å²) in [5.41, 5.74) is 0. The summed E-state index contributed by atoms with van der Waals surface area (Å²) in [6, 6.07) is 0. The molecule has 1 heterocycles. The van der Waals surface area contributed by atoms with Gasteiger partial charge in [0.1, 0.15) is 12.7 Å². The lowest BCUT2D eigenvalue weighted by molar-refractivity contribution is -0.170. The zero-order chi connectivity index (χ0) is 15.3. The summed E-state index contributed by atoms with van der Waals surface area (Å²) in [5, 5.41) is 0. The minimum Gasteiger partial charge on any atom is -0.463 e. The van der Waals surface area contributed by atoms with Crippen LogP contribution >= 0.6 is 11.9 Å². The van der Waals surface area contributed by atoms with Gasteiger partial charge >= 0.3 is 17.9 Å². The van der Waals surface area contributed by atoms with E-state index in [1.54, 1.807) is 0 Å². The fourth-order valence-corrected chi connectivity index (χ4v) is 1.89. The molecule has 0 aromatic carbocycles. The van der Waals surface area contributed by atoms with Crippen molar-refractivity contribution in [3.63, 3.8) is 0 Å². The first kappa shape index (κ1) is 16.7. The first-order valence-corrected chi connectivity index (χ1v) is 6.06. The average Bonchev–Trinajstić information content (AvgIpc) is 2.63. The van der Waals surface area contributed by atoms with Gasteiger partial charge in [-0.15, -0.1) is 0 Å².